The van der Waals surface area contributed by atoms with Crippen molar-refractivity contribution in [3.63, 3.8) is 0 Å². The number of nitrogens with zero attached hydrogens (tertiary/aromatic N) is 3. The summed E-state index contributed by atoms with van der Waals surface area (Å²) in [6, 6.07) is 7.95. The Labute approximate surface area is 148 Å². The molecule has 1 aromatic carbocycles. The Balaban J connectivity index is 1.83. The lowest BCUT2D eigenvalue weighted by molar-refractivity contribution is 0.0636. The van der Waals surface area contributed by atoms with Gasteiger partial charge in [0.05, 0.1) is 0 Å². The molecule has 0 saturated heterocycles. The molecule has 1 aromatic heterocycles. The summed E-state index contributed by atoms with van der Waals surface area (Å²) in [5.41, 5.74) is 1.36. The number of anilines is 1. The summed E-state index contributed by atoms with van der Waals surface area (Å²) in [4.78, 5) is 12.0. The van der Waals surface area contributed by atoms with Crippen molar-refractivity contribution in [1.29, 1.82) is 0 Å². The summed E-state index contributed by atoms with van der Waals surface area (Å²) in [6.07, 6.45) is 4.95. The Morgan fingerprint density at radius 2 is 2.12 bits per heavy atom. The quantitative estimate of drug-likeness (QED) is 0.908. The van der Waals surface area contributed by atoms with E-state index in [1.54, 1.807) is 6.33 Å². The fourth-order valence-electron chi connectivity index (χ4n) is 3.21. The third-order valence-corrected chi connectivity index (χ3v) is 4.54. The normalized spacial score (nSPS) is 16.2. The first-order valence-electron chi connectivity index (χ1n) is 8.77. The van der Waals surface area contributed by atoms with Gasteiger partial charge in [-0.25, -0.2) is 4.79 Å². The van der Waals surface area contributed by atoms with Crippen LogP contribution in [0.1, 0.15) is 57.3 Å². The molecule has 1 N–H and O–H groups in total. The predicted molar refractivity (Wildman–Crippen MR) is 96.5 cm³/mol. The van der Waals surface area contributed by atoms with Crippen molar-refractivity contribution in [2.75, 3.05) is 5.32 Å². The van der Waals surface area contributed by atoms with Crippen molar-refractivity contribution in [3.8, 4) is 0 Å². The Kier molecular flexibility index (Phi) is 4.79. The minimum absolute atomic E-state index is 0.196. The van der Waals surface area contributed by atoms with Gasteiger partial charge in [-0.2, -0.15) is 0 Å². The van der Waals surface area contributed by atoms with E-state index < -0.39 is 11.7 Å². The first kappa shape index (κ1) is 17.5. The zero-order valence-electron chi connectivity index (χ0n) is 15.3. The molecule has 3 rings (SSSR count). The first-order chi connectivity index (χ1) is 11.8. The maximum atomic E-state index is 12.0. The van der Waals surface area contributed by atoms with Crippen molar-refractivity contribution in [3.05, 3.63) is 42.0 Å². The van der Waals surface area contributed by atoms with Crippen LogP contribution in [-0.2, 0) is 11.8 Å². The molecule has 25 heavy (non-hydrogen) atoms. The number of hydrogen-bond acceptors (Lipinski definition) is 4. The van der Waals surface area contributed by atoms with Crippen LogP contribution >= 0.6 is 0 Å². The fraction of sp³-hybridized carbons (Fsp3) is 0.526. The Bertz CT molecular complexity index is 744. The molecule has 134 valence electrons. The molecule has 6 heteroatoms. The summed E-state index contributed by atoms with van der Waals surface area (Å²) in [5, 5.41) is 11.2. The maximum absolute atomic E-state index is 12.0. The fourth-order valence-corrected chi connectivity index (χ4v) is 3.21. The van der Waals surface area contributed by atoms with Crippen LogP contribution in [0.15, 0.2) is 30.6 Å². The highest BCUT2D eigenvalue weighted by Gasteiger charge is 2.32. The topological polar surface area (TPSA) is 69.0 Å². The van der Waals surface area contributed by atoms with E-state index in [0.29, 0.717) is 5.92 Å². The molecule has 0 spiro atoms. The number of aromatic nitrogens is 3. The number of rotatable bonds is 4. The molecule has 1 aliphatic carbocycles. The Morgan fingerprint density at radius 3 is 2.68 bits per heavy atom. The van der Waals surface area contributed by atoms with Crippen LogP contribution in [0.4, 0.5) is 10.5 Å². The van der Waals surface area contributed by atoms with E-state index >= 15 is 0 Å². The summed E-state index contributed by atoms with van der Waals surface area (Å²) >= 11 is 0. The molecule has 1 aliphatic rings. The Hall–Kier alpha value is -2.37. The third kappa shape index (κ3) is 4.18. The van der Waals surface area contributed by atoms with Gasteiger partial charge in [-0.15, -0.1) is 10.2 Å². The zero-order valence-corrected chi connectivity index (χ0v) is 15.3. The van der Waals surface area contributed by atoms with Crippen LogP contribution in [0.25, 0.3) is 0 Å². The first-order valence-corrected chi connectivity index (χ1v) is 8.77. The standard InChI is InChI=1S/C19H26N4O2/c1-19(2,3)25-18(24)21-15-10-6-9-14(11-15)16(13-7-5-8-13)17-22-20-12-23(17)4/h6,9-13,16H,5,7-8H2,1-4H3,(H,21,24). The molecule has 1 heterocycles. The van der Waals surface area contributed by atoms with Crippen LogP contribution in [-0.4, -0.2) is 26.5 Å². The van der Waals surface area contributed by atoms with Crippen LogP contribution in [0.2, 0.25) is 0 Å². The van der Waals surface area contributed by atoms with Gasteiger partial charge in [-0.1, -0.05) is 18.6 Å². The number of carbonyl (C=O) groups excluding carboxylic acids is 1. The van der Waals surface area contributed by atoms with Gasteiger partial charge in [0.25, 0.3) is 0 Å². The molecular formula is C19H26N4O2. The van der Waals surface area contributed by atoms with Crippen molar-refractivity contribution in [2.24, 2.45) is 13.0 Å². The van der Waals surface area contributed by atoms with Gasteiger partial charge in [0, 0.05) is 18.7 Å². The lowest BCUT2D eigenvalue weighted by Crippen LogP contribution is -2.27. The molecule has 6 nitrogen and oxygen atoms in total. The van der Waals surface area contributed by atoms with Crippen LogP contribution in [0.3, 0.4) is 0 Å². The Morgan fingerprint density at radius 1 is 1.36 bits per heavy atom. The SMILES string of the molecule is Cn1cnnc1C(c1cccc(NC(=O)OC(C)(C)C)c1)C1CCC1. The molecule has 2 aromatic rings. The second kappa shape index (κ2) is 6.86. The van der Waals surface area contributed by atoms with Crippen molar-refractivity contribution < 1.29 is 9.53 Å². The van der Waals surface area contributed by atoms with Gasteiger partial charge >= 0.3 is 6.09 Å². The number of amides is 1. The van der Waals surface area contributed by atoms with Crippen molar-refractivity contribution in [2.45, 2.75) is 51.6 Å². The molecule has 0 radical (unpaired) electrons. The molecule has 1 fully saturated rings. The molecule has 1 atom stereocenters. The number of carbonyl (C=O) groups is 1. The van der Waals surface area contributed by atoms with E-state index in [1.807, 2.05) is 50.6 Å². The van der Waals surface area contributed by atoms with Crippen molar-refractivity contribution >= 4 is 11.8 Å². The van der Waals surface area contributed by atoms with E-state index in [0.717, 1.165) is 17.1 Å². The van der Waals surface area contributed by atoms with Crippen molar-refractivity contribution in [1.82, 2.24) is 14.8 Å². The maximum Gasteiger partial charge on any atom is 0.412 e. The van der Waals surface area contributed by atoms with Gasteiger partial charge in [0.15, 0.2) is 0 Å². The molecular weight excluding hydrogens is 316 g/mol. The molecule has 0 aliphatic heterocycles. The monoisotopic (exact) mass is 342 g/mol. The van der Waals surface area contributed by atoms with Gasteiger partial charge < -0.3 is 9.30 Å². The van der Waals surface area contributed by atoms with E-state index in [1.165, 1.54) is 19.3 Å². The highest BCUT2D eigenvalue weighted by atomic mass is 16.6. The van der Waals surface area contributed by atoms with E-state index in [4.69, 9.17) is 4.74 Å². The zero-order chi connectivity index (χ0) is 18.0. The molecule has 1 unspecified atom stereocenters. The minimum atomic E-state index is -0.519. The number of hydrogen-bond donors (Lipinski definition) is 1. The van der Waals surface area contributed by atoms with Gasteiger partial charge in [0.2, 0.25) is 0 Å². The number of nitrogens with one attached hydrogen (secondary N) is 1. The third-order valence-electron chi connectivity index (χ3n) is 4.54. The summed E-state index contributed by atoms with van der Waals surface area (Å²) in [7, 11) is 1.98. The van der Waals surface area contributed by atoms with Crippen LogP contribution < -0.4 is 5.32 Å². The van der Waals surface area contributed by atoms with Crippen LogP contribution in [0.5, 0.6) is 0 Å². The summed E-state index contributed by atoms with van der Waals surface area (Å²) < 4.78 is 7.32. The van der Waals surface area contributed by atoms with Gasteiger partial charge in [0.1, 0.15) is 17.8 Å². The highest BCUT2D eigenvalue weighted by Crippen LogP contribution is 2.42. The summed E-state index contributed by atoms with van der Waals surface area (Å²) in [5.74, 6) is 1.74. The second-order valence-corrected chi connectivity index (χ2v) is 7.72. The number of ether oxygens (including phenoxy) is 1. The van der Waals surface area contributed by atoms with E-state index in [-0.39, 0.29) is 5.92 Å². The predicted octanol–water partition coefficient (Wildman–Crippen LogP) is 4.09. The average Bonchev–Trinajstić information content (AvgIpc) is 2.86. The van der Waals surface area contributed by atoms with Gasteiger partial charge in [-0.3, -0.25) is 5.32 Å². The lowest BCUT2D eigenvalue weighted by atomic mass is 9.72. The number of aryl methyl sites for hydroxylation is 1. The smallest absolute Gasteiger partial charge is 0.412 e. The second-order valence-electron chi connectivity index (χ2n) is 7.72. The minimum Gasteiger partial charge on any atom is -0.444 e. The molecule has 1 saturated carbocycles. The largest absolute Gasteiger partial charge is 0.444 e. The molecule has 1 amide bonds. The average molecular weight is 342 g/mol. The number of benzene rings is 1. The lowest BCUT2D eigenvalue weighted by Gasteiger charge is -2.33. The highest BCUT2D eigenvalue weighted by molar-refractivity contribution is 5.85. The molecule has 0 bridgehead atoms. The van der Waals surface area contributed by atoms with E-state index in [2.05, 4.69) is 21.6 Å². The van der Waals surface area contributed by atoms with E-state index in [9.17, 15) is 4.79 Å². The van der Waals surface area contributed by atoms with Gasteiger partial charge in [-0.05, 0) is 57.2 Å². The summed E-state index contributed by atoms with van der Waals surface area (Å²) in [6.45, 7) is 5.55. The van der Waals surface area contributed by atoms with Crippen LogP contribution in [0, 0.1) is 5.92 Å².